The third-order valence-corrected chi connectivity index (χ3v) is 13.0. The molecule has 0 fully saturated rings. The van der Waals surface area contributed by atoms with Crippen LogP contribution in [-0.4, -0.2) is 73.4 Å². The maximum Gasteiger partial charge on any atom is 0.472 e. The van der Waals surface area contributed by atoms with E-state index in [1.54, 1.807) is 6.08 Å². The van der Waals surface area contributed by atoms with Gasteiger partial charge in [-0.15, -0.1) is 0 Å². The number of rotatable bonds is 48. The summed E-state index contributed by atoms with van der Waals surface area (Å²) in [4.78, 5) is 23.0. The van der Waals surface area contributed by atoms with Crippen LogP contribution in [0.15, 0.2) is 12.2 Å². The zero-order chi connectivity index (χ0) is 44.3. The van der Waals surface area contributed by atoms with Crippen molar-refractivity contribution in [3.8, 4) is 0 Å². The third kappa shape index (κ3) is 45.3. The van der Waals surface area contributed by atoms with Crippen LogP contribution in [-0.2, 0) is 18.4 Å². The summed E-state index contributed by atoms with van der Waals surface area (Å²) in [5.41, 5.74) is 0. The molecule has 0 rings (SSSR count). The zero-order valence-electron chi connectivity index (χ0n) is 40.7. The number of allylic oxidation sites excluding steroid dienone is 1. The van der Waals surface area contributed by atoms with Gasteiger partial charge in [-0.1, -0.05) is 244 Å². The molecule has 3 N–H and O–H groups in total. The Bertz CT molecular complexity index is 989. The van der Waals surface area contributed by atoms with Gasteiger partial charge in [0.25, 0.3) is 0 Å². The number of carbonyl (C=O) groups is 1. The van der Waals surface area contributed by atoms with Crippen molar-refractivity contribution >= 4 is 13.7 Å². The van der Waals surface area contributed by atoms with Gasteiger partial charge >= 0.3 is 7.82 Å². The number of nitrogens with one attached hydrogen (secondary N) is 1. The first-order chi connectivity index (χ1) is 29.0. The highest BCUT2D eigenvalue weighted by molar-refractivity contribution is 7.47. The van der Waals surface area contributed by atoms with E-state index in [0.29, 0.717) is 17.4 Å². The maximum atomic E-state index is 12.8. The molecule has 0 aliphatic rings. The quantitative estimate of drug-likeness (QED) is 0.0243. The molecule has 0 heterocycles. The van der Waals surface area contributed by atoms with E-state index >= 15 is 0 Å². The molecular formula is C51H104N2O6P+. The minimum Gasteiger partial charge on any atom is -0.387 e. The molecule has 0 aliphatic heterocycles. The Balaban J connectivity index is 3.99. The van der Waals surface area contributed by atoms with Crippen molar-refractivity contribution in [3.05, 3.63) is 12.2 Å². The minimum atomic E-state index is -4.33. The molecule has 0 spiro atoms. The lowest BCUT2D eigenvalue weighted by Crippen LogP contribution is -2.45. The Labute approximate surface area is 373 Å². The Morgan fingerprint density at radius 1 is 0.550 bits per heavy atom. The van der Waals surface area contributed by atoms with Gasteiger partial charge in [0.05, 0.1) is 39.9 Å². The van der Waals surface area contributed by atoms with Crippen LogP contribution in [0.4, 0.5) is 0 Å². The number of aliphatic hydroxyl groups excluding tert-OH is 1. The number of phosphoric ester groups is 1. The van der Waals surface area contributed by atoms with E-state index in [2.05, 4.69) is 19.2 Å². The predicted octanol–water partition coefficient (Wildman–Crippen LogP) is 15.1. The average Bonchev–Trinajstić information content (AvgIpc) is 3.20. The normalized spacial score (nSPS) is 14.2. The Kier molecular flexibility index (Phi) is 42.9. The fourth-order valence-corrected chi connectivity index (χ4v) is 8.60. The summed E-state index contributed by atoms with van der Waals surface area (Å²) in [7, 11) is 1.58. The second-order valence-electron chi connectivity index (χ2n) is 19.3. The van der Waals surface area contributed by atoms with E-state index in [1.807, 2.05) is 27.2 Å². The van der Waals surface area contributed by atoms with Crippen LogP contribution in [0.2, 0.25) is 0 Å². The first kappa shape index (κ1) is 59.2. The first-order valence-corrected chi connectivity index (χ1v) is 27.6. The molecule has 0 aromatic rings. The molecule has 1 amide bonds. The van der Waals surface area contributed by atoms with Crippen LogP contribution in [0.25, 0.3) is 0 Å². The van der Waals surface area contributed by atoms with Crippen molar-refractivity contribution in [3.63, 3.8) is 0 Å². The molecule has 358 valence electrons. The number of quaternary nitrogens is 1. The van der Waals surface area contributed by atoms with Gasteiger partial charge in [0, 0.05) is 6.42 Å². The average molecular weight is 872 g/mol. The Morgan fingerprint density at radius 2 is 0.883 bits per heavy atom. The van der Waals surface area contributed by atoms with Gasteiger partial charge in [-0.25, -0.2) is 4.57 Å². The molecule has 0 saturated carbocycles. The first-order valence-electron chi connectivity index (χ1n) is 26.1. The number of nitrogens with zero attached hydrogens (tertiary/aromatic N) is 1. The monoisotopic (exact) mass is 872 g/mol. The molecule has 0 aromatic carbocycles. The highest BCUT2D eigenvalue weighted by Gasteiger charge is 2.27. The summed E-state index contributed by atoms with van der Waals surface area (Å²) in [6.45, 7) is 4.80. The second-order valence-corrected chi connectivity index (χ2v) is 20.7. The molecule has 0 bridgehead atoms. The van der Waals surface area contributed by atoms with Crippen LogP contribution in [0, 0.1) is 0 Å². The molecule has 3 atom stereocenters. The van der Waals surface area contributed by atoms with E-state index < -0.39 is 20.0 Å². The second kappa shape index (κ2) is 43.5. The van der Waals surface area contributed by atoms with Gasteiger partial charge in [0.2, 0.25) is 5.91 Å². The van der Waals surface area contributed by atoms with Gasteiger partial charge in [-0.05, 0) is 19.3 Å². The van der Waals surface area contributed by atoms with Crippen LogP contribution in [0.1, 0.15) is 258 Å². The summed E-state index contributed by atoms with van der Waals surface area (Å²) in [6.07, 6.45) is 51.9. The summed E-state index contributed by atoms with van der Waals surface area (Å²) < 4.78 is 23.5. The number of hydrogen-bond acceptors (Lipinski definition) is 5. The van der Waals surface area contributed by atoms with Crippen LogP contribution in [0.5, 0.6) is 0 Å². The molecule has 0 saturated heterocycles. The van der Waals surface area contributed by atoms with E-state index in [9.17, 15) is 19.4 Å². The topological polar surface area (TPSA) is 105 Å². The van der Waals surface area contributed by atoms with E-state index in [0.717, 1.165) is 32.1 Å². The summed E-state index contributed by atoms with van der Waals surface area (Å²) in [5.74, 6) is -0.179. The number of phosphoric acid groups is 1. The van der Waals surface area contributed by atoms with Gasteiger partial charge in [-0.3, -0.25) is 13.8 Å². The number of amides is 1. The molecule has 0 radical (unpaired) electrons. The third-order valence-electron chi connectivity index (χ3n) is 12.0. The van der Waals surface area contributed by atoms with E-state index in [-0.39, 0.29) is 19.1 Å². The van der Waals surface area contributed by atoms with Crippen molar-refractivity contribution in [1.29, 1.82) is 0 Å². The molecule has 3 unspecified atom stereocenters. The van der Waals surface area contributed by atoms with Crippen molar-refractivity contribution in [2.45, 2.75) is 270 Å². The zero-order valence-corrected chi connectivity index (χ0v) is 41.6. The maximum absolute atomic E-state index is 12.8. The highest BCUT2D eigenvalue weighted by atomic mass is 31.2. The van der Waals surface area contributed by atoms with Gasteiger partial charge in [0.15, 0.2) is 0 Å². The van der Waals surface area contributed by atoms with Crippen molar-refractivity contribution < 1.29 is 32.9 Å². The van der Waals surface area contributed by atoms with Gasteiger partial charge in [-0.2, -0.15) is 0 Å². The molecule has 8 nitrogen and oxygen atoms in total. The molecule has 9 heteroatoms. The minimum absolute atomic E-state index is 0.0644. The number of hydrogen-bond donors (Lipinski definition) is 3. The molecule has 60 heavy (non-hydrogen) atoms. The molecule has 0 aliphatic carbocycles. The molecule has 0 aromatic heterocycles. The fourth-order valence-electron chi connectivity index (χ4n) is 7.87. The standard InChI is InChI=1S/C51H103N2O6P/c1-6-8-10-12-14-16-17-18-19-20-21-22-23-24-25-26-27-28-29-30-31-32-33-34-35-36-37-38-40-42-44-50(54)49(48-59-60(56,57)58-47-46-53(3,4)5)52-51(55)45-43-41-39-15-13-11-9-7-2/h42,44,49-50,54H,6-41,43,45-48H2,1-5H3,(H-,52,55,56,57)/p+1/b44-42+. The van der Waals surface area contributed by atoms with Crippen molar-refractivity contribution in [2.24, 2.45) is 0 Å². The SMILES string of the molecule is CCCCCCCCCCCCCCCCCCCCCCCCCCCCCC/C=C/C(O)C(COP(=O)(O)OCC[N+](C)(C)C)NC(=O)CCCCCCCCCC. The van der Waals surface area contributed by atoms with Gasteiger partial charge in [0.1, 0.15) is 13.2 Å². The van der Waals surface area contributed by atoms with E-state index in [1.165, 1.54) is 205 Å². The smallest absolute Gasteiger partial charge is 0.387 e. The number of unbranched alkanes of at least 4 members (excludes halogenated alkanes) is 35. The lowest BCUT2D eigenvalue weighted by molar-refractivity contribution is -0.870. The number of aliphatic hydroxyl groups is 1. The van der Waals surface area contributed by atoms with Crippen LogP contribution in [0.3, 0.4) is 0 Å². The number of carbonyl (C=O) groups excluding carboxylic acids is 1. The summed E-state index contributed by atoms with van der Waals surface area (Å²) in [5, 5.41) is 13.8. The van der Waals surface area contributed by atoms with E-state index in [4.69, 9.17) is 9.05 Å². The summed E-state index contributed by atoms with van der Waals surface area (Å²) >= 11 is 0. The highest BCUT2D eigenvalue weighted by Crippen LogP contribution is 2.43. The predicted molar refractivity (Wildman–Crippen MR) is 259 cm³/mol. The lowest BCUT2D eigenvalue weighted by Gasteiger charge is -2.25. The van der Waals surface area contributed by atoms with Crippen molar-refractivity contribution in [1.82, 2.24) is 5.32 Å². The van der Waals surface area contributed by atoms with Crippen LogP contribution >= 0.6 is 7.82 Å². The lowest BCUT2D eigenvalue weighted by atomic mass is 10.0. The number of likely N-dealkylation sites (N-methyl/N-ethyl adjacent to an activating group) is 1. The van der Waals surface area contributed by atoms with Crippen LogP contribution < -0.4 is 5.32 Å². The Hall–Kier alpha value is -0.760. The summed E-state index contributed by atoms with van der Waals surface area (Å²) in [6, 6.07) is -0.839. The van der Waals surface area contributed by atoms with Gasteiger partial charge < -0.3 is 19.8 Å². The molecular weight excluding hydrogens is 768 g/mol. The largest absolute Gasteiger partial charge is 0.472 e. The van der Waals surface area contributed by atoms with Crippen molar-refractivity contribution in [2.75, 3.05) is 40.9 Å². The Morgan fingerprint density at radius 3 is 1.23 bits per heavy atom. The fraction of sp³-hybridized carbons (Fsp3) is 0.941.